The van der Waals surface area contributed by atoms with Crippen molar-refractivity contribution >= 4 is 11.5 Å². The van der Waals surface area contributed by atoms with E-state index in [0.29, 0.717) is 18.7 Å². The van der Waals surface area contributed by atoms with Crippen molar-refractivity contribution < 1.29 is 14.6 Å². The molecule has 0 saturated heterocycles. The summed E-state index contributed by atoms with van der Waals surface area (Å²) in [6.45, 7) is 2.99. The van der Waals surface area contributed by atoms with Gasteiger partial charge in [0.2, 0.25) is 0 Å². The molecular weight excluding hydrogens is 230 g/mol. The van der Waals surface area contributed by atoms with Gasteiger partial charge >= 0.3 is 0 Å². The maximum Gasteiger partial charge on any atom is 0.258 e. The van der Waals surface area contributed by atoms with Crippen molar-refractivity contribution in [3.8, 4) is 5.75 Å². The number of amides is 1. The average Bonchev–Trinajstić information content (AvgIpc) is 2.65. The summed E-state index contributed by atoms with van der Waals surface area (Å²) in [6, 6.07) is 7.15. The molecule has 2 rings (SSSR count). The van der Waals surface area contributed by atoms with E-state index >= 15 is 0 Å². The molecule has 18 heavy (non-hydrogen) atoms. The Morgan fingerprint density at radius 1 is 1.33 bits per heavy atom. The SMILES string of the molecule is CCCN1CC(O)=C(c2ccc(OC)cc2)C1=O. The maximum absolute atomic E-state index is 12.1. The zero-order valence-corrected chi connectivity index (χ0v) is 10.6. The number of rotatable bonds is 4. The Hall–Kier alpha value is -1.97. The van der Waals surface area contributed by atoms with Crippen molar-refractivity contribution in [1.82, 2.24) is 4.90 Å². The third-order valence-corrected chi connectivity index (χ3v) is 3.00. The van der Waals surface area contributed by atoms with Gasteiger partial charge in [0, 0.05) is 6.54 Å². The standard InChI is InChI=1S/C14H17NO3/c1-3-8-15-9-12(16)13(14(15)17)10-4-6-11(18-2)7-5-10/h4-7,16H,3,8-9H2,1-2H3. The third-order valence-electron chi connectivity index (χ3n) is 3.00. The number of carbonyl (C=O) groups excluding carboxylic acids is 1. The molecule has 4 heteroatoms. The number of nitrogens with zero attached hydrogens (tertiary/aromatic N) is 1. The first kappa shape index (κ1) is 12.5. The summed E-state index contributed by atoms with van der Waals surface area (Å²) in [5.41, 5.74) is 1.14. The van der Waals surface area contributed by atoms with E-state index in [9.17, 15) is 9.90 Å². The van der Waals surface area contributed by atoms with Crippen LogP contribution < -0.4 is 4.74 Å². The average molecular weight is 247 g/mol. The van der Waals surface area contributed by atoms with Gasteiger partial charge in [-0.2, -0.15) is 0 Å². The molecule has 1 heterocycles. The van der Waals surface area contributed by atoms with Crippen LogP contribution in [0, 0.1) is 0 Å². The van der Waals surface area contributed by atoms with Crippen LogP contribution in [0.5, 0.6) is 5.75 Å². The molecule has 0 atom stereocenters. The summed E-state index contributed by atoms with van der Waals surface area (Å²) >= 11 is 0. The summed E-state index contributed by atoms with van der Waals surface area (Å²) in [7, 11) is 1.59. The maximum atomic E-state index is 12.1. The molecule has 0 bridgehead atoms. The minimum Gasteiger partial charge on any atom is -0.510 e. The smallest absolute Gasteiger partial charge is 0.258 e. The van der Waals surface area contributed by atoms with E-state index in [0.717, 1.165) is 17.7 Å². The van der Waals surface area contributed by atoms with Gasteiger partial charge in [-0.1, -0.05) is 19.1 Å². The third kappa shape index (κ3) is 2.18. The molecule has 0 unspecified atom stereocenters. The highest BCUT2D eigenvalue weighted by Crippen LogP contribution is 2.28. The number of ether oxygens (including phenoxy) is 1. The van der Waals surface area contributed by atoms with Gasteiger partial charge in [0.1, 0.15) is 11.5 Å². The number of hydrogen-bond acceptors (Lipinski definition) is 3. The van der Waals surface area contributed by atoms with Crippen molar-refractivity contribution in [2.24, 2.45) is 0 Å². The van der Waals surface area contributed by atoms with Crippen LogP contribution in [0.3, 0.4) is 0 Å². The highest BCUT2D eigenvalue weighted by Gasteiger charge is 2.30. The number of methoxy groups -OCH3 is 1. The molecule has 0 radical (unpaired) electrons. The summed E-state index contributed by atoms with van der Waals surface area (Å²) in [5, 5.41) is 9.92. The zero-order chi connectivity index (χ0) is 13.1. The normalized spacial score (nSPS) is 15.4. The molecule has 1 aromatic carbocycles. The molecule has 0 saturated carbocycles. The first-order valence-corrected chi connectivity index (χ1v) is 6.03. The lowest BCUT2D eigenvalue weighted by atomic mass is 10.1. The number of hydrogen-bond donors (Lipinski definition) is 1. The molecule has 96 valence electrons. The predicted molar refractivity (Wildman–Crippen MR) is 69.4 cm³/mol. The minimum atomic E-state index is -0.0977. The Labute approximate surface area is 106 Å². The quantitative estimate of drug-likeness (QED) is 0.887. The van der Waals surface area contributed by atoms with Gasteiger partial charge in [-0.25, -0.2) is 0 Å². The molecule has 1 aromatic rings. The second-order valence-corrected chi connectivity index (χ2v) is 4.28. The van der Waals surface area contributed by atoms with E-state index in [1.165, 1.54) is 0 Å². The largest absolute Gasteiger partial charge is 0.510 e. The second-order valence-electron chi connectivity index (χ2n) is 4.28. The summed E-state index contributed by atoms with van der Waals surface area (Å²) in [5.74, 6) is 0.785. The molecule has 4 nitrogen and oxygen atoms in total. The Morgan fingerprint density at radius 2 is 2.00 bits per heavy atom. The topological polar surface area (TPSA) is 49.8 Å². The van der Waals surface area contributed by atoms with Gasteiger partial charge in [-0.15, -0.1) is 0 Å². The molecule has 1 aliphatic heterocycles. The monoisotopic (exact) mass is 247 g/mol. The zero-order valence-electron chi connectivity index (χ0n) is 10.6. The van der Waals surface area contributed by atoms with Crippen molar-refractivity contribution in [2.75, 3.05) is 20.2 Å². The van der Waals surface area contributed by atoms with Gasteiger partial charge in [0.25, 0.3) is 5.91 Å². The molecule has 1 amide bonds. The molecule has 1 N–H and O–H groups in total. The summed E-state index contributed by atoms with van der Waals surface area (Å²) in [4.78, 5) is 13.8. The molecule has 1 aliphatic rings. The van der Waals surface area contributed by atoms with Crippen LogP contribution in [-0.2, 0) is 4.79 Å². The summed E-state index contributed by atoms with van der Waals surface area (Å²) in [6.07, 6.45) is 0.884. The van der Waals surface area contributed by atoms with Gasteiger partial charge < -0.3 is 14.7 Å². The van der Waals surface area contributed by atoms with Gasteiger partial charge in [-0.3, -0.25) is 4.79 Å². The first-order chi connectivity index (χ1) is 8.67. The Balaban J connectivity index is 2.26. The molecule has 0 fully saturated rings. The lowest BCUT2D eigenvalue weighted by Gasteiger charge is -2.14. The van der Waals surface area contributed by atoms with E-state index in [4.69, 9.17) is 4.74 Å². The van der Waals surface area contributed by atoms with Crippen LogP contribution in [0.1, 0.15) is 18.9 Å². The van der Waals surface area contributed by atoms with Crippen molar-refractivity contribution in [3.05, 3.63) is 35.6 Å². The van der Waals surface area contributed by atoms with Crippen LogP contribution in [0.2, 0.25) is 0 Å². The van der Waals surface area contributed by atoms with Crippen molar-refractivity contribution in [3.63, 3.8) is 0 Å². The van der Waals surface area contributed by atoms with Gasteiger partial charge in [0.05, 0.1) is 19.2 Å². The van der Waals surface area contributed by atoms with Crippen LogP contribution >= 0.6 is 0 Å². The van der Waals surface area contributed by atoms with Crippen LogP contribution in [0.15, 0.2) is 30.0 Å². The van der Waals surface area contributed by atoms with E-state index in [1.54, 1.807) is 36.3 Å². The molecule has 0 spiro atoms. The highest BCUT2D eigenvalue weighted by atomic mass is 16.5. The molecular formula is C14H17NO3. The predicted octanol–water partition coefficient (Wildman–Crippen LogP) is 2.22. The number of aliphatic hydroxyl groups is 1. The fraction of sp³-hybridized carbons (Fsp3) is 0.357. The Kier molecular flexibility index (Phi) is 3.55. The summed E-state index contributed by atoms with van der Waals surface area (Å²) < 4.78 is 5.07. The van der Waals surface area contributed by atoms with Gasteiger partial charge in [-0.05, 0) is 24.1 Å². The lowest BCUT2D eigenvalue weighted by Crippen LogP contribution is -2.27. The highest BCUT2D eigenvalue weighted by molar-refractivity contribution is 6.22. The molecule has 0 aliphatic carbocycles. The number of benzene rings is 1. The van der Waals surface area contributed by atoms with Crippen LogP contribution in [-0.4, -0.2) is 36.1 Å². The van der Waals surface area contributed by atoms with Crippen molar-refractivity contribution in [2.45, 2.75) is 13.3 Å². The van der Waals surface area contributed by atoms with E-state index in [2.05, 4.69) is 0 Å². The lowest BCUT2D eigenvalue weighted by molar-refractivity contribution is -0.123. The van der Waals surface area contributed by atoms with Crippen LogP contribution in [0.4, 0.5) is 0 Å². The molecule has 0 aromatic heterocycles. The number of carbonyl (C=O) groups is 1. The Morgan fingerprint density at radius 3 is 2.56 bits per heavy atom. The fourth-order valence-corrected chi connectivity index (χ4v) is 2.11. The van der Waals surface area contributed by atoms with E-state index in [-0.39, 0.29) is 11.7 Å². The van der Waals surface area contributed by atoms with Crippen molar-refractivity contribution in [1.29, 1.82) is 0 Å². The minimum absolute atomic E-state index is 0.0977. The fourth-order valence-electron chi connectivity index (χ4n) is 2.11. The Bertz CT molecular complexity index is 476. The van der Waals surface area contributed by atoms with Gasteiger partial charge in [0.15, 0.2) is 0 Å². The van der Waals surface area contributed by atoms with E-state index < -0.39 is 0 Å². The first-order valence-electron chi connectivity index (χ1n) is 6.03. The van der Waals surface area contributed by atoms with Crippen LogP contribution in [0.25, 0.3) is 5.57 Å². The van der Waals surface area contributed by atoms with E-state index in [1.807, 2.05) is 6.92 Å². The second kappa shape index (κ2) is 5.12. The number of aliphatic hydroxyl groups excluding tert-OH is 1.